The number of ether oxygens (including phenoxy) is 1. The fraction of sp³-hybridized carbons (Fsp3) is 0.462. The van der Waals surface area contributed by atoms with Gasteiger partial charge >= 0.3 is 5.97 Å². The Balaban J connectivity index is 2.83. The lowest BCUT2D eigenvalue weighted by Crippen LogP contribution is -2.29. The van der Waals surface area contributed by atoms with E-state index in [0.29, 0.717) is 0 Å². The molecule has 0 aliphatic rings. The maximum atomic E-state index is 11.4. The van der Waals surface area contributed by atoms with Gasteiger partial charge in [0.1, 0.15) is 0 Å². The fourth-order valence-electron chi connectivity index (χ4n) is 1.56. The number of benzene rings is 1. The molecular weight excluding hydrogens is 232 g/mol. The van der Waals surface area contributed by atoms with E-state index in [1.807, 2.05) is 30.3 Å². The SMILES string of the molecule is COC(=O)CC(O[Si](C)(C)C)c1ccccc1. The monoisotopic (exact) mass is 252 g/mol. The van der Waals surface area contributed by atoms with Gasteiger partial charge in [-0.15, -0.1) is 0 Å². The zero-order valence-electron chi connectivity index (χ0n) is 10.9. The van der Waals surface area contributed by atoms with Gasteiger partial charge < -0.3 is 9.16 Å². The first-order valence-corrected chi connectivity index (χ1v) is 9.13. The predicted octanol–water partition coefficient (Wildman–Crippen LogP) is 3.14. The van der Waals surface area contributed by atoms with Gasteiger partial charge in [-0.05, 0) is 25.2 Å². The molecule has 1 aromatic rings. The van der Waals surface area contributed by atoms with E-state index in [1.54, 1.807) is 0 Å². The van der Waals surface area contributed by atoms with Crippen molar-refractivity contribution >= 4 is 14.3 Å². The summed E-state index contributed by atoms with van der Waals surface area (Å²) in [5, 5.41) is 0. The third kappa shape index (κ3) is 5.15. The second-order valence-corrected chi connectivity index (χ2v) is 9.37. The van der Waals surface area contributed by atoms with Gasteiger partial charge in [0.25, 0.3) is 0 Å². The summed E-state index contributed by atoms with van der Waals surface area (Å²) in [7, 11) is -0.289. The standard InChI is InChI=1S/C13H20O3Si/c1-15-13(14)10-12(16-17(2,3)4)11-8-6-5-7-9-11/h5-9,12H,10H2,1-4H3. The van der Waals surface area contributed by atoms with Crippen molar-refractivity contribution in [2.24, 2.45) is 0 Å². The first-order valence-electron chi connectivity index (χ1n) is 5.72. The van der Waals surface area contributed by atoms with Crippen LogP contribution in [-0.2, 0) is 14.0 Å². The van der Waals surface area contributed by atoms with Gasteiger partial charge in [0.2, 0.25) is 0 Å². The van der Waals surface area contributed by atoms with Crippen LogP contribution in [0.3, 0.4) is 0 Å². The molecule has 0 amide bonds. The van der Waals surface area contributed by atoms with E-state index in [2.05, 4.69) is 19.6 Å². The van der Waals surface area contributed by atoms with Gasteiger partial charge in [-0.3, -0.25) is 4.79 Å². The molecule has 3 nitrogen and oxygen atoms in total. The van der Waals surface area contributed by atoms with Gasteiger partial charge in [0.15, 0.2) is 8.32 Å². The quantitative estimate of drug-likeness (QED) is 0.596. The highest BCUT2D eigenvalue weighted by molar-refractivity contribution is 6.69. The zero-order valence-corrected chi connectivity index (χ0v) is 11.9. The molecule has 1 rings (SSSR count). The van der Waals surface area contributed by atoms with Crippen molar-refractivity contribution < 1.29 is 14.0 Å². The number of rotatable bonds is 5. The van der Waals surface area contributed by atoms with Crippen LogP contribution in [-0.4, -0.2) is 21.4 Å². The van der Waals surface area contributed by atoms with E-state index in [4.69, 9.17) is 9.16 Å². The summed E-state index contributed by atoms with van der Waals surface area (Å²) in [6.07, 6.45) is 0.0699. The Morgan fingerprint density at radius 2 is 1.82 bits per heavy atom. The molecule has 0 aromatic heterocycles. The van der Waals surface area contributed by atoms with Crippen LogP contribution in [0.4, 0.5) is 0 Å². The molecule has 0 bridgehead atoms. The second-order valence-electron chi connectivity index (χ2n) is 4.91. The summed E-state index contributed by atoms with van der Waals surface area (Å²) in [4.78, 5) is 11.4. The van der Waals surface area contributed by atoms with E-state index in [1.165, 1.54) is 7.11 Å². The first-order chi connectivity index (χ1) is 7.92. The fourth-order valence-corrected chi connectivity index (χ4v) is 2.63. The lowest BCUT2D eigenvalue weighted by Gasteiger charge is -2.26. The number of carbonyl (C=O) groups is 1. The number of hydrogen-bond acceptors (Lipinski definition) is 3. The zero-order chi connectivity index (χ0) is 12.9. The van der Waals surface area contributed by atoms with Crippen LogP contribution < -0.4 is 0 Å². The van der Waals surface area contributed by atoms with Crippen molar-refractivity contribution in [2.45, 2.75) is 32.2 Å². The van der Waals surface area contributed by atoms with Crippen molar-refractivity contribution in [1.29, 1.82) is 0 Å². The van der Waals surface area contributed by atoms with E-state index in [-0.39, 0.29) is 18.5 Å². The average Bonchev–Trinajstić information content (AvgIpc) is 2.27. The van der Waals surface area contributed by atoms with E-state index in [9.17, 15) is 4.79 Å². The summed E-state index contributed by atoms with van der Waals surface area (Å²) in [5.41, 5.74) is 1.03. The van der Waals surface area contributed by atoms with Crippen LogP contribution in [0, 0.1) is 0 Å². The molecule has 4 heteroatoms. The smallest absolute Gasteiger partial charge is 0.308 e. The molecule has 0 aliphatic carbocycles. The van der Waals surface area contributed by atoms with Crippen molar-refractivity contribution in [2.75, 3.05) is 7.11 Å². The highest BCUT2D eigenvalue weighted by atomic mass is 28.4. The lowest BCUT2D eigenvalue weighted by molar-refractivity contribution is -0.142. The summed E-state index contributed by atoms with van der Waals surface area (Å²) in [6.45, 7) is 6.33. The summed E-state index contributed by atoms with van der Waals surface area (Å²) >= 11 is 0. The highest BCUT2D eigenvalue weighted by Crippen LogP contribution is 2.25. The molecule has 0 heterocycles. The Labute approximate surface area is 104 Å². The van der Waals surface area contributed by atoms with Gasteiger partial charge in [-0.1, -0.05) is 30.3 Å². The van der Waals surface area contributed by atoms with Crippen molar-refractivity contribution in [3.05, 3.63) is 35.9 Å². The normalized spacial score (nSPS) is 13.2. The van der Waals surface area contributed by atoms with Gasteiger partial charge in [0, 0.05) is 0 Å². The van der Waals surface area contributed by atoms with Crippen LogP contribution in [0.25, 0.3) is 0 Å². The van der Waals surface area contributed by atoms with Gasteiger partial charge in [-0.2, -0.15) is 0 Å². The third-order valence-electron chi connectivity index (χ3n) is 2.25. The van der Waals surface area contributed by atoms with Crippen LogP contribution in [0.1, 0.15) is 18.1 Å². The molecule has 0 aliphatic heterocycles. The summed E-state index contributed by atoms with van der Waals surface area (Å²) in [5.74, 6) is -0.239. The first kappa shape index (κ1) is 13.9. The molecule has 0 N–H and O–H groups in total. The summed E-state index contributed by atoms with van der Waals surface area (Å²) < 4.78 is 10.7. The summed E-state index contributed by atoms with van der Waals surface area (Å²) in [6, 6.07) is 9.81. The van der Waals surface area contributed by atoms with Crippen molar-refractivity contribution in [3.8, 4) is 0 Å². The third-order valence-corrected chi connectivity index (χ3v) is 3.24. The molecule has 0 fully saturated rings. The molecule has 1 atom stereocenters. The van der Waals surface area contributed by atoms with Crippen molar-refractivity contribution in [3.63, 3.8) is 0 Å². The number of esters is 1. The Morgan fingerprint density at radius 3 is 2.29 bits per heavy atom. The van der Waals surface area contributed by atoms with Crippen molar-refractivity contribution in [1.82, 2.24) is 0 Å². The second kappa shape index (κ2) is 5.98. The number of carbonyl (C=O) groups excluding carboxylic acids is 1. The Kier molecular flexibility index (Phi) is 4.90. The minimum atomic E-state index is -1.69. The topological polar surface area (TPSA) is 35.5 Å². The minimum absolute atomic E-state index is 0.199. The van der Waals surface area contributed by atoms with Crippen LogP contribution in [0.5, 0.6) is 0 Å². The largest absolute Gasteiger partial charge is 0.469 e. The molecule has 1 aromatic carbocycles. The molecule has 0 radical (unpaired) electrons. The van der Waals surface area contributed by atoms with Crippen LogP contribution >= 0.6 is 0 Å². The number of methoxy groups -OCH3 is 1. The van der Waals surface area contributed by atoms with Gasteiger partial charge in [0.05, 0.1) is 19.6 Å². The molecule has 17 heavy (non-hydrogen) atoms. The maximum absolute atomic E-state index is 11.4. The Hall–Kier alpha value is -1.13. The van der Waals surface area contributed by atoms with E-state index >= 15 is 0 Å². The average molecular weight is 252 g/mol. The molecular formula is C13H20O3Si. The van der Waals surface area contributed by atoms with Gasteiger partial charge in [-0.25, -0.2) is 0 Å². The highest BCUT2D eigenvalue weighted by Gasteiger charge is 2.24. The molecule has 94 valence electrons. The Bertz CT molecular complexity index is 357. The molecule has 1 unspecified atom stereocenters. The molecule has 0 saturated heterocycles. The molecule has 0 saturated carbocycles. The van der Waals surface area contributed by atoms with Crippen LogP contribution in [0.15, 0.2) is 30.3 Å². The van der Waals surface area contributed by atoms with E-state index < -0.39 is 8.32 Å². The maximum Gasteiger partial charge on any atom is 0.308 e. The van der Waals surface area contributed by atoms with E-state index in [0.717, 1.165) is 5.56 Å². The number of hydrogen-bond donors (Lipinski definition) is 0. The minimum Gasteiger partial charge on any atom is -0.469 e. The predicted molar refractivity (Wildman–Crippen MR) is 70.2 cm³/mol. The van der Waals surface area contributed by atoms with Crippen LogP contribution in [0.2, 0.25) is 19.6 Å². The lowest BCUT2D eigenvalue weighted by atomic mass is 10.1. The molecule has 0 spiro atoms. The Morgan fingerprint density at radius 1 is 1.24 bits per heavy atom.